The van der Waals surface area contributed by atoms with Gasteiger partial charge in [0, 0.05) is 5.56 Å². The van der Waals surface area contributed by atoms with Crippen LogP contribution in [0.5, 0.6) is 0 Å². The van der Waals surface area contributed by atoms with E-state index in [0.29, 0.717) is 0 Å². The van der Waals surface area contributed by atoms with E-state index in [0.717, 1.165) is 12.1 Å². The number of hydrogen-bond donors (Lipinski definition) is 0. The van der Waals surface area contributed by atoms with E-state index in [1.807, 2.05) is 0 Å². The Hall–Kier alpha value is -0.210. The number of alkyl halides is 4. The Bertz CT molecular complexity index is 421. The molecule has 0 saturated heterocycles. The van der Waals surface area contributed by atoms with Crippen LogP contribution >= 0.6 is 31.9 Å². The van der Waals surface area contributed by atoms with Crippen molar-refractivity contribution in [2.75, 3.05) is 13.2 Å². The lowest BCUT2D eigenvalue weighted by atomic mass is 10.1. The first kappa shape index (κ1) is 15.8. The van der Waals surface area contributed by atoms with Gasteiger partial charge in [0.15, 0.2) is 0 Å². The van der Waals surface area contributed by atoms with Gasteiger partial charge in [0.25, 0.3) is 0 Å². The van der Waals surface area contributed by atoms with Gasteiger partial charge < -0.3 is 4.74 Å². The summed E-state index contributed by atoms with van der Waals surface area (Å²) >= 11 is 5.75. The second-order valence-corrected chi connectivity index (χ2v) is 5.35. The Morgan fingerprint density at radius 2 is 1.78 bits per heavy atom. The lowest BCUT2D eigenvalue weighted by Crippen LogP contribution is -2.18. The Balaban J connectivity index is 2.67. The number of ether oxygens (including phenoxy) is 1. The van der Waals surface area contributed by atoms with Gasteiger partial charge in [-0.1, -0.05) is 15.9 Å². The van der Waals surface area contributed by atoms with Gasteiger partial charge in [-0.05, 0) is 28.1 Å². The smallest absolute Gasteiger partial charge is 0.371 e. The summed E-state index contributed by atoms with van der Waals surface area (Å²) in [5.41, 5.74) is -0.0992. The van der Waals surface area contributed by atoms with Crippen molar-refractivity contribution in [1.29, 1.82) is 0 Å². The molecule has 0 aromatic heterocycles. The van der Waals surface area contributed by atoms with Crippen molar-refractivity contribution in [2.24, 2.45) is 0 Å². The highest BCUT2D eigenvalue weighted by atomic mass is 79.9. The van der Waals surface area contributed by atoms with Gasteiger partial charge in [-0.3, -0.25) is 0 Å². The first-order valence-electron chi connectivity index (χ1n) is 4.63. The summed E-state index contributed by atoms with van der Waals surface area (Å²) in [7, 11) is 0. The Kier molecular flexibility index (Phi) is 5.54. The summed E-state index contributed by atoms with van der Waals surface area (Å²) in [6.07, 6.45) is -4.45. The van der Waals surface area contributed by atoms with E-state index in [2.05, 4.69) is 36.6 Å². The molecule has 1 aromatic carbocycles. The molecule has 0 saturated carbocycles. The molecule has 1 rings (SSSR count). The molecule has 0 N–H and O–H groups in total. The maximum absolute atomic E-state index is 13.4. The Morgan fingerprint density at radius 3 is 2.33 bits per heavy atom. The highest BCUT2D eigenvalue weighted by Crippen LogP contribution is 2.30. The molecule has 0 aliphatic rings. The third-order valence-corrected chi connectivity index (χ3v) is 3.27. The average molecular weight is 398 g/mol. The molecule has 0 radical (unpaired) electrons. The molecule has 8 heteroatoms. The summed E-state index contributed by atoms with van der Waals surface area (Å²) in [6, 6.07) is 1.80. The molecule has 0 bridgehead atoms. The van der Waals surface area contributed by atoms with Gasteiger partial charge in [0.2, 0.25) is 0 Å². The van der Waals surface area contributed by atoms with E-state index in [4.69, 9.17) is 0 Å². The van der Waals surface area contributed by atoms with Crippen molar-refractivity contribution in [3.63, 3.8) is 0 Å². The van der Waals surface area contributed by atoms with Crippen LogP contribution in [-0.4, -0.2) is 19.4 Å². The molecule has 18 heavy (non-hydrogen) atoms. The summed E-state index contributed by atoms with van der Waals surface area (Å²) in [5.74, 6) is -1.44. The predicted molar refractivity (Wildman–Crippen MR) is 62.6 cm³/mol. The van der Waals surface area contributed by atoms with Gasteiger partial charge >= 0.3 is 6.18 Å². The first-order chi connectivity index (χ1) is 8.20. The lowest BCUT2D eigenvalue weighted by Gasteiger charge is -2.13. The molecule has 1 nitrogen and oxygen atoms in total. The van der Waals surface area contributed by atoms with Crippen molar-refractivity contribution >= 4 is 31.9 Å². The SMILES string of the molecule is Fc1cc(C(Br)COCC(F)(F)F)c(F)cc1Br. The molecule has 0 aliphatic carbocycles. The minimum atomic E-state index is -4.45. The molecule has 1 atom stereocenters. The van der Waals surface area contributed by atoms with Crippen LogP contribution in [0.2, 0.25) is 0 Å². The van der Waals surface area contributed by atoms with E-state index >= 15 is 0 Å². The molecule has 0 aliphatic heterocycles. The second kappa shape index (κ2) is 6.29. The van der Waals surface area contributed by atoms with Crippen molar-refractivity contribution < 1.29 is 26.7 Å². The Labute approximate surface area is 117 Å². The van der Waals surface area contributed by atoms with Crippen molar-refractivity contribution in [3.05, 3.63) is 33.8 Å². The molecule has 0 amide bonds. The fourth-order valence-electron chi connectivity index (χ4n) is 1.15. The number of hydrogen-bond acceptors (Lipinski definition) is 1. The summed E-state index contributed by atoms with van der Waals surface area (Å²) in [6.45, 7) is -1.85. The predicted octanol–water partition coefficient (Wildman–Crippen LogP) is 4.74. The monoisotopic (exact) mass is 396 g/mol. The summed E-state index contributed by atoms with van der Waals surface area (Å²) < 4.78 is 66.4. The van der Waals surface area contributed by atoms with Crippen molar-refractivity contribution in [3.8, 4) is 0 Å². The number of benzene rings is 1. The zero-order valence-corrected chi connectivity index (χ0v) is 11.9. The van der Waals surface area contributed by atoms with Crippen LogP contribution in [0.3, 0.4) is 0 Å². The highest BCUT2D eigenvalue weighted by Gasteiger charge is 2.28. The van der Waals surface area contributed by atoms with Crippen LogP contribution in [0.15, 0.2) is 16.6 Å². The zero-order chi connectivity index (χ0) is 13.9. The Morgan fingerprint density at radius 1 is 1.17 bits per heavy atom. The van der Waals surface area contributed by atoms with Crippen LogP contribution in [0.1, 0.15) is 10.4 Å². The van der Waals surface area contributed by atoms with Crippen molar-refractivity contribution in [1.82, 2.24) is 0 Å². The third kappa shape index (κ3) is 4.81. The average Bonchev–Trinajstić information content (AvgIpc) is 2.21. The largest absolute Gasteiger partial charge is 0.411 e. The molecule has 0 fully saturated rings. The fraction of sp³-hybridized carbons (Fsp3) is 0.400. The molecule has 0 spiro atoms. The quantitative estimate of drug-likeness (QED) is 0.405. The van der Waals surface area contributed by atoms with E-state index in [-0.39, 0.29) is 10.0 Å². The van der Waals surface area contributed by atoms with E-state index < -0.39 is 35.9 Å². The van der Waals surface area contributed by atoms with Crippen LogP contribution in [0.25, 0.3) is 0 Å². The van der Waals surface area contributed by atoms with E-state index in [9.17, 15) is 22.0 Å². The van der Waals surface area contributed by atoms with Gasteiger partial charge in [0.05, 0.1) is 15.9 Å². The van der Waals surface area contributed by atoms with Gasteiger partial charge in [-0.2, -0.15) is 13.2 Å². The van der Waals surface area contributed by atoms with E-state index in [1.165, 1.54) is 0 Å². The van der Waals surface area contributed by atoms with Crippen molar-refractivity contribution in [2.45, 2.75) is 11.0 Å². The van der Waals surface area contributed by atoms with E-state index in [1.54, 1.807) is 0 Å². The zero-order valence-electron chi connectivity index (χ0n) is 8.70. The molecular formula is C10H7Br2F5O. The summed E-state index contributed by atoms with van der Waals surface area (Å²) in [4.78, 5) is -0.859. The molecular weight excluding hydrogens is 391 g/mol. The second-order valence-electron chi connectivity index (χ2n) is 3.39. The van der Waals surface area contributed by atoms with Gasteiger partial charge in [0.1, 0.15) is 18.2 Å². The van der Waals surface area contributed by atoms with Crippen LogP contribution in [-0.2, 0) is 4.74 Å². The standard InChI is InChI=1S/C10H7Br2F5O/c11-6-2-8(13)5(1-9(6)14)7(12)3-18-4-10(15,16)17/h1-2,7H,3-4H2. The normalized spacial score (nSPS) is 13.7. The molecule has 0 heterocycles. The topological polar surface area (TPSA) is 9.23 Å². The maximum Gasteiger partial charge on any atom is 0.411 e. The third-order valence-electron chi connectivity index (χ3n) is 1.91. The fourth-order valence-corrected chi connectivity index (χ4v) is 2.00. The summed E-state index contributed by atoms with van der Waals surface area (Å²) in [5, 5.41) is 0. The number of rotatable bonds is 4. The highest BCUT2D eigenvalue weighted by molar-refractivity contribution is 9.10. The minimum Gasteiger partial charge on any atom is -0.371 e. The molecule has 102 valence electrons. The van der Waals surface area contributed by atoms with Gasteiger partial charge in [-0.25, -0.2) is 8.78 Å². The van der Waals surface area contributed by atoms with Crippen LogP contribution in [0, 0.1) is 11.6 Å². The maximum atomic E-state index is 13.4. The van der Waals surface area contributed by atoms with Gasteiger partial charge in [-0.15, -0.1) is 0 Å². The first-order valence-corrected chi connectivity index (χ1v) is 6.34. The molecule has 1 unspecified atom stereocenters. The number of halogens is 7. The van der Waals surface area contributed by atoms with Crippen LogP contribution in [0.4, 0.5) is 22.0 Å². The van der Waals surface area contributed by atoms with Crippen LogP contribution < -0.4 is 0 Å². The minimum absolute atomic E-state index is 0.0559. The lowest BCUT2D eigenvalue weighted by molar-refractivity contribution is -0.173. The molecule has 1 aromatic rings.